The highest BCUT2D eigenvalue weighted by molar-refractivity contribution is 6.06. The molecule has 36 heavy (non-hydrogen) atoms. The average Bonchev–Trinajstić information content (AvgIpc) is 3.38. The number of carbonyl (C=O) groups excluding carboxylic acids is 3. The number of imide groups is 1. The number of piperazine rings is 1. The number of nitrogens with one attached hydrogen (secondary N) is 1. The largest absolute Gasteiger partial charge is 0.441 e. The van der Waals surface area contributed by atoms with Crippen LogP contribution in [0.5, 0.6) is 0 Å². The quantitative estimate of drug-likeness (QED) is 0.560. The minimum absolute atomic E-state index is 0.183. The molecule has 1 aromatic heterocycles. The predicted molar refractivity (Wildman–Crippen MR) is 129 cm³/mol. The molecule has 0 saturated carbocycles. The second-order valence-corrected chi connectivity index (χ2v) is 9.65. The summed E-state index contributed by atoms with van der Waals surface area (Å²) >= 11 is 0. The molecule has 4 heterocycles. The number of anilines is 1. The van der Waals surface area contributed by atoms with Crippen LogP contribution in [0.1, 0.15) is 40.2 Å². The van der Waals surface area contributed by atoms with E-state index in [2.05, 4.69) is 26.2 Å². The Kier molecular flexibility index (Phi) is 5.48. The Morgan fingerprint density at radius 1 is 1.11 bits per heavy atom. The summed E-state index contributed by atoms with van der Waals surface area (Å²) in [6, 6.07) is 8.07. The summed E-state index contributed by atoms with van der Waals surface area (Å²) in [6.45, 7) is 5.77. The molecule has 3 aromatic rings. The van der Waals surface area contributed by atoms with Crippen LogP contribution in [0.4, 0.5) is 10.1 Å². The summed E-state index contributed by atoms with van der Waals surface area (Å²) in [5.74, 6) is -0.993. The molecule has 2 fully saturated rings. The molecule has 0 aliphatic carbocycles. The summed E-state index contributed by atoms with van der Waals surface area (Å²) in [7, 11) is 0. The van der Waals surface area contributed by atoms with Gasteiger partial charge in [0.25, 0.3) is 5.91 Å². The summed E-state index contributed by atoms with van der Waals surface area (Å²) in [4.78, 5) is 47.3. The number of aromatic nitrogens is 1. The van der Waals surface area contributed by atoms with Gasteiger partial charge in [-0.1, -0.05) is 6.07 Å². The molecule has 1 atom stereocenters. The molecule has 3 aliphatic heterocycles. The van der Waals surface area contributed by atoms with E-state index in [-0.39, 0.29) is 31.2 Å². The molecule has 0 bridgehead atoms. The molecule has 3 amide bonds. The highest BCUT2D eigenvalue weighted by Crippen LogP contribution is 2.35. The Morgan fingerprint density at radius 3 is 2.69 bits per heavy atom. The maximum Gasteiger partial charge on any atom is 0.255 e. The van der Waals surface area contributed by atoms with Crippen molar-refractivity contribution in [2.75, 3.05) is 31.1 Å². The molecule has 2 saturated heterocycles. The van der Waals surface area contributed by atoms with Gasteiger partial charge < -0.3 is 14.2 Å². The van der Waals surface area contributed by atoms with Gasteiger partial charge in [-0.05, 0) is 36.2 Å². The zero-order valence-electron chi connectivity index (χ0n) is 19.9. The van der Waals surface area contributed by atoms with Crippen molar-refractivity contribution in [2.45, 2.75) is 38.9 Å². The number of hydrogen-bond donors (Lipinski definition) is 1. The third-order valence-electron chi connectivity index (χ3n) is 7.28. The van der Waals surface area contributed by atoms with Crippen molar-refractivity contribution in [3.8, 4) is 0 Å². The Hall–Kier alpha value is -3.79. The fourth-order valence-corrected chi connectivity index (χ4v) is 5.48. The molecule has 0 spiro atoms. The third-order valence-corrected chi connectivity index (χ3v) is 7.28. The SMILES string of the molecule is Cc1nc2ccc(CN3CCN(c4cc(F)cc5c4CN(C4CCC(=O)NC4=O)C5=O)CC3)cc2o1. The zero-order valence-corrected chi connectivity index (χ0v) is 19.9. The summed E-state index contributed by atoms with van der Waals surface area (Å²) in [5.41, 5.74) is 4.51. The van der Waals surface area contributed by atoms with Gasteiger partial charge in [0.2, 0.25) is 11.8 Å². The molecule has 1 unspecified atom stereocenters. The number of aryl methyl sites for hydroxylation is 1. The van der Waals surface area contributed by atoms with Crippen LogP contribution in [0.25, 0.3) is 11.1 Å². The zero-order chi connectivity index (χ0) is 25.0. The summed E-state index contributed by atoms with van der Waals surface area (Å²) in [6.07, 6.45) is 0.461. The van der Waals surface area contributed by atoms with E-state index in [4.69, 9.17) is 4.42 Å². The third kappa shape index (κ3) is 4.01. The fourth-order valence-electron chi connectivity index (χ4n) is 5.48. The lowest BCUT2D eigenvalue weighted by Gasteiger charge is -2.37. The smallest absolute Gasteiger partial charge is 0.255 e. The lowest BCUT2D eigenvalue weighted by Crippen LogP contribution is -2.52. The van der Waals surface area contributed by atoms with Crippen LogP contribution in [-0.4, -0.2) is 64.7 Å². The van der Waals surface area contributed by atoms with Crippen molar-refractivity contribution < 1.29 is 23.2 Å². The van der Waals surface area contributed by atoms with Gasteiger partial charge in [0.05, 0.1) is 0 Å². The number of fused-ring (bicyclic) bond motifs is 2. The van der Waals surface area contributed by atoms with Gasteiger partial charge in [-0.2, -0.15) is 0 Å². The fraction of sp³-hybridized carbons (Fsp3) is 0.385. The summed E-state index contributed by atoms with van der Waals surface area (Å²) in [5, 5.41) is 2.31. The van der Waals surface area contributed by atoms with E-state index in [1.54, 1.807) is 0 Å². The summed E-state index contributed by atoms with van der Waals surface area (Å²) < 4.78 is 20.2. The Bertz CT molecular complexity index is 1390. The van der Waals surface area contributed by atoms with Crippen LogP contribution in [0.2, 0.25) is 0 Å². The second-order valence-electron chi connectivity index (χ2n) is 9.65. The van der Waals surface area contributed by atoms with Crippen LogP contribution in [-0.2, 0) is 22.7 Å². The van der Waals surface area contributed by atoms with E-state index < -0.39 is 17.8 Å². The molecule has 10 heteroatoms. The molecule has 0 radical (unpaired) electrons. The number of oxazole rings is 1. The first-order valence-electron chi connectivity index (χ1n) is 12.2. The lowest BCUT2D eigenvalue weighted by molar-refractivity contribution is -0.136. The molecular weight excluding hydrogens is 465 g/mol. The van der Waals surface area contributed by atoms with Gasteiger partial charge in [0.1, 0.15) is 17.4 Å². The number of halogens is 1. The lowest BCUT2D eigenvalue weighted by atomic mass is 10.0. The highest BCUT2D eigenvalue weighted by atomic mass is 19.1. The maximum atomic E-state index is 14.6. The molecular formula is C26H26FN5O4. The topological polar surface area (TPSA) is 99.0 Å². The molecule has 3 aliphatic rings. The first kappa shape index (κ1) is 22.7. The van der Waals surface area contributed by atoms with Crippen LogP contribution in [0.15, 0.2) is 34.7 Å². The molecule has 6 rings (SSSR count). The molecule has 186 valence electrons. The number of carbonyl (C=O) groups is 3. The van der Waals surface area contributed by atoms with Gasteiger partial charge in [-0.3, -0.25) is 24.6 Å². The highest BCUT2D eigenvalue weighted by Gasteiger charge is 2.41. The minimum atomic E-state index is -0.721. The van der Waals surface area contributed by atoms with Gasteiger partial charge in [0.15, 0.2) is 11.5 Å². The molecule has 2 aromatic carbocycles. The molecule has 1 N–H and O–H groups in total. The minimum Gasteiger partial charge on any atom is -0.441 e. The number of hydrogen-bond acceptors (Lipinski definition) is 7. The predicted octanol–water partition coefficient (Wildman–Crippen LogP) is 2.36. The maximum absolute atomic E-state index is 14.6. The normalized spacial score (nSPS) is 20.8. The van der Waals surface area contributed by atoms with E-state index in [0.29, 0.717) is 30.2 Å². The van der Waals surface area contributed by atoms with E-state index in [1.807, 2.05) is 19.1 Å². The van der Waals surface area contributed by atoms with Crippen LogP contribution in [0.3, 0.4) is 0 Å². The number of benzene rings is 2. The van der Waals surface area contributed by atoms with Crippen molar-refractivity contribution in [2.24, 2.45) is 0 Å². The van der Waals surface area contributed by atoms with Gasteiger partial charge in [-0.15, -0.1) is 0 Å². The standard InChI is InChI=1S/C26H26FN5O4/c1-15-28-20-3-2-16(10-23(20)36-15)13-30-6-8-31(9-7-30)22-12-17(27)11-18-19(22)14-32(26(18)35)21-4-5-24(33)29-25(21)34/h2-3,10-12,21H,4-9,13-14H2,1H3,(H,29,33,34). The molecule has 9 nitrogen and oxygen atoms in total. The van der Waals surface area contributed by atoms with Crippen LogP contribution >= 0.6 is 0 Å². The van der Waals surface area contributed by atoms with Crippen molar-refractivity contribution in [1.29, 1.82) is 0 Å². The van der Waals surface area contributed by atoms with E-state index in [9.17, 15) is 18.8 Å². The Labute approximate surface area is 206 Å². The van der Waals surface area contributed by atoms with Gasteiger partial charge in [-0.25, -0.2) is 9.37 Å². The van der Waals surface area contributed by atoms with E-state index in [1.165, 1.54) is 17.0 Å². The number of rotatable bonds is 4. The monoisotopic (exact) mass is 491 g/mol. The Morgan fingerprint density at radius 2 is 1.92 bits per heavy atom. The van der Waals surface area contributed by atoms with Gasteiger partial charge >= 0.3 is 0 Å². The number of amides is 3. The van der Waals surface area contributed by atoms with Crippen LogP contribution < -0.4 is 10.2 Å². The van der Waals surface area contributed by atoms with Gasteiger partial charge in [0, 0.05) is 69.4 Å². The van der Waals surface area contributed by atoms with Crippen molar-refractivity contribution in [1.82, 2.24) is 20.1 Å². The van der Waals surface area contributed by atoms with Crippen molar-refractivity contribution in [3.63, 3.8) is 0 Å². The second kappa shape index (κ2) is 8.70. The van der Waals surface area contributed by atoms with E-state index >= 15 is 0 Å². The number of nitrogens with zero attached hydrogens (tertiary/aromatic N) is 4. The van der Waals surface area contributed by atoms with Crippen molar-refractivity contribution in [3.05, 3.63) is 58.7 Å². The van der Waals surface area contributed by atoms with Crippen molar-refractivity contribution >= 4 is 34.5 Å². The van der Waals surface area contributed by atoms with E-state index in [0.717, 1.165) is 41.9 Å². The first-order chi connectivity index (χ1) is 17.4. The first-order valence-corrected chi connectivity index (χ1v) is 12.2. The average molecular weight is 492 g/mol. The van der Waals surface area contributed by atoms with Crippen LogP contribution in [0, 0.1) is 12.7 Å². The number of piperidine rings is 1. The Balaban J connectivity index is 1.16.